The number of methoxy groups -OCH3 is 1. The van der Waals surface area contributed by atoms with Crippen molar-refractivity contribution in [2.75, 3.05) is 12.4 Å². The van der Waals surface area contributed by atoms with Crippen LogP contribution in [0.25, 0.3) is 0 Å². The summed E-state index contributed by atoms with van der Waals surface area (Å²) in [6.07, 6.45) is 1.43. The molecule has 2 amide bonds. The van der Waals surface area contributed by atoms with E-state index < -0.39 is 0 Å². The molecule has 6 nitrogen and oxygen atoms in total. The number of nitrogens with one attached hydrogen (secondary N) is 2. The van der Waals surface area contributed by atoms with Gasteiger partial charge in [0.15, 0.2) is 0 Å². The van der Waals surface area contributed by atoms with E-state index in [1.807, 2.05) is 12.1 Å². The number of carbonyl (C=O) groups excluding carboxylic acids is 2. The third-order valence-corrected chi connectivity index (χ3v) is 4.22. The molecule has 2 aromatic carbocycles. The zero-order chi connectivity index (χ0) is 19.9. The van der Waals surface area contributed by atoms with E-state index >= 15 is 0 Å². The summed E-state index contributed by atoms with van der Waals surface area (Å²) in [5, 5.41) is 6.18. The second-order valence-electron chi connectivity index (χ2n) is 5.92. The molecule has 7 heteroatoms. The van der Waals surface area contributed by atoms with Crippen molar-refractivity contribution in [3.05, 3.63) is 88.7 Å². The summed E-state index contributed by atoms with van der Waals surface area (Å²) in [6, 6.07) is 17.1. The first-order valence-electron chi connectivity index (χ1n) is 8.49. The molecule has 28 heavy (non-hydrogen) atoms. The molecule has 0 aliphatic heterocycles. The average Bonchev–Trinajstić information content (AvgIpc) is 2.73. The molecule has 0 fully saturated rings. The number of hydrogen-bond donors (Lipinski definition) is 2. The number of amides is 2. The van der Waals surface area contributed by atoms with Gasteiger partial charge >= 0.3 is 0 Å². The van der Waals surface area contributed by atoms with Crippen LogP contribution in [0.15, 0.2) is 66.9 Å². The van der Waals surface area contributed by atoms with E-state index in [9.17, 15) is 9.59 Å². The molecule has 1 heterocycles. The lowest BCUT2D eigenvalue weighted by molar-refractivity contribution is 0.0946. The number of pyridine rings is 1. The second kappa shape index (κ2) is 9.01. The van der Waals surface area contributed by atoms with Crippen LogP contribution in [0.2, 0.25) is 5.02 Å². The molecule has 0 radical (unpaired) electrons. The number of benzene rings is 2. The Balaban J connectivity index is 1.64. The fourth-order valence-electron chi connectivity index (χ4n) is 2.45. The summed E-state index contributed by atoms with van der Waals surface area (Å²) in [6.45, 7) is 0.333. The third kappa shape index (κ3) is 5.08. The Bertz CT molecular complexity index is 973. The highest BCUT2D eigenvalue weighted by atomic mass is 35.5. The van der Waals surface area contributed by atoms with Crippen LogP contribution in [0.1, 0.15) is 26.4 Å². The Morgan fingerprint density at radius 2 is 1.71 bits per heavy atom. The Hall–Kier alpha value is -3.38. The number of aromatic nitrogens is 1. The molecule has 3 aromatic rings. The van der Waals surface area contributed by atoms with Crippen LogP contribution in [0.5, 0.6) is 5.75 Å². The smallest absolute Gasteiger partial charge is 0.270 e. The predicted molar refractivity (Wildman–Crippen MR) is 108 cm³/mol. The van der Waals surface area contributed by atoms with Crippen LogP contribution in [0.3, 0.4) is 0 Å². The Morgan fingerprint density at radius 3 is 2.39 bits per heavy atom. The molecule has 1 aromatic heterocycles. The number of rotatable bonds is 6. The monoisotopic (exact) mass is 395 g/mol. The van der Waals surface area contributed by atoms with Gasteiger partial charge in [-0.25, -0.2) is 0 Å². The lowest BCUT2D eigenvalue weighted by Crippen LogP contribution is -2.24. The van der Waals surface area contributed by atoms with Crippen molar-refractivity contribution in [1.82, 2.24) is 10.3 Å². The quantitative estimate of drug-likeness (QED) is 0.662. The van der Waals surface area contributed by atoms with Gasteiger partial charge in [-0.3, -0.25) is 14.6 Å². The number of halogens is 1. The summed E-state index contributed by atoms with van der Waals surface area (Å²) in [4.78, 5) is 28.8. The molecule has 142 valence electrons. The number of carbonyl (C=O) groups is 2. The Labute approximate surface area is 167 Å². The standard InChI is InChI=1S/C21H18ClN3O3/c1-28-18-8-6-17(7-9-18)25-20(26)15-10-11-23-19(12-15)21(27)24-13-14-2-4-16(22)5-3-14/h2-12H,13H2,1H3,(H,24,27)(H,25,26). The first-order valence-corrected chi connectivity index (χ1v) is 8.87. The summed E-state index contributed by atoms with van der Waals surface area (Å²) in [5.41, 5.74) is 2.03. The maximum Gasteiger partial charge on any atom is 0.270 e. The summed E-state index contributed by atoms with van der Waals surface area (Å²) >= 11 is 5.85. The molecular weight excluding hydrogens is 378 g/mol. The fourth-order valence-corrected chi connectivity index (χ4v) is 2.57. The van der Waals surface area contributed by atoms with Crippen LogP contribution in [-0.2, 0) is 6.54 Å². The summed E-state index contributed by atoms with van der Waals surface area (Å²) in [7, 11) is 1.57. The van der Waals surface area contributed by atoms with Gasteiger partial charge in [0.2, 0.25) is 0 Å². The zero-order valence-corrected chi connectivity index (χ0v) is 15.9. The van der Waals surface area contributed by atoms with Crippen molar-refractivity contribution in [2.24, 2.45) is 0 Å². The minimum absolute atomic E-state index is 0.163. The topological polar surface area (TPSA) is 80.3 Å². The zero-order valence-electron chi connectivity index (χ0n) is 15.1. The van der Waals surface area contributed by atoms with E-state index in [4.69, 9.17) is 16.3 Å². The van der Waals surface area contributed by atoms with Crippen LogP contribution >= 0.6 is 11.6 Å². The highest BCUT2D eigenvalue weighted by Crippen LogP contribution is 2.16. The van der Waals surface area contributed by atoms with Gasteiger partial charge in [-0.2, -0.15) is 0 Å². The minimum atomic E-state index is -0.367. The SMILES string of the molecule is COc1ccc(NC(=O)c2ccnc(C(=O)NCc3ccc(Cl)cc3)c2)cc1. The molecule has 0 bridgehead atoms. The molecule has 0 atom stereocenters. The van der Waals surface area contributed by atoms with E-state index in [-0.39, 0.29) is 17.5 Å². The van der Waals surface area contributed by atoms with Crippen LogP contribution < -0.4 is 15.4 Å². The van der Waals surface area contributed by atoms with E-state index in [0.717, 1.165) is 5.56 Å². The predicted octanol–water partition coefficient (Wildman–Crippen LogP) is 3.93. The average molecular weight is 396 g/mol. The third-order valence-electron chi connectivity index (χ3n) is 3.97. The number of ether oxygens (including phenoxy) is 1. The van der Waals surface area contributed by atoms with Crippen molar-refractivity contribution in [3.8, 4) is 5.75 Å². The van der Waals surface area contributed by atoms with Gasteiger partial charge in [-0.15, -0.1) is 0 Å². The Morgan fingerprint density at radius 1 is 1.00 bits per heavy atom. The van der Waals surface area contributed by atoms with E-state index in [0.29, 0.717) is 28.6 Å². The lowest BCUT2D eigenvalue weighted by Gasteiger charge is -2.08. The van der Waals surface area contributed by atoms with E-state index in [1.165, 1.54) is 12.3 Å². The first-order chi connectivity index (χ1) is 13.5. The van der Waals surface area contributed by atoms with E-state index in [1.54, 1.807) is 49.6 Å². The molecule has 0 saturated heterocycles. The van der Waals surface area contributed by atoms with Gasteiger partial charge in [-0.1, -0.05) is 23.7 Å². The van der Waals surface area contributed by atoms with Crippen LogP contribution in [-0.4, -0.2) is 23.9 Å². The minimum Gasteiger partial charge on any atom is -0.497 e. The molecule has 2 N–H and O–H groups in total. The highest BCUT2D eigenvalue weighted by Gasteiger charge is 2.12. The highest BCUT2D eigenvalue weighted by molar-refractivity contribution is 6.30. The van der Waals surface area contributed by atoms with Gasteiger partial charge in [-0.05, 0) is 54.1 Å². The molecule has 0 aliphatic rings. The van der Waals surface area contributed by atoms with Gasteiger partial charge in [0.1, 0.15) is 11.4 Å². The number of hydrogen-bond acceptors (Lipinski definition) is 4. The van der Waals surface area contributed by atoms with Crippen molar-refractivity contribution >= 4 is 29.1 Å². The summed E-state index contributed by atoms with van der Waals surface area (Å²) in [5.74, 6) is -0.00470. The fraction of sp³-hybridized carbons (Fsp3) is 0.0952. The Kier molecular flexibility index (Phi) is 6.24. The second-order valence-corrected chi connectivity index (χ2v) is 6.36. The molecular formula is C21H18ClN3O3. The van der Waals surface area contributed by atoms with E-state index in [2.05, 4.69) is 15.6 Å². The van der Waals surface area contributed by atoms with Crippen molar-refractivity contribution in [1.29, 1.82) is 0 Å². The van der Waals surface area contributed by atoms with Crippen molar-refractivity contribution in [3.63, 3.8) is 0 Å². The molecule has 3 rings (SSSR count). The largest absolute Gasteiger partial charge is 0.497 e. The van der Waals surface area contributed by atoms with Crippen molar-refractivity contribution < 1.29 is 14.3 Å². The van der Waals surface area contributed by atoms with Gasteiger partial charge in [0.05, 0.1) is 7.11 Å². The molecule has 0 saturated carbocycles. The van der Waals surface area contributed by atoms with Crippen molar-refractivity contribution in [2.45, 2.75) is 6.54 Å². The maximum absolute atomic E-state index is 12.4. The number of anilines is 1. The maximum atomic E-state index is 12.4. The van der Waals surface area contributed by atoms with Gasteiger partial charge < -0.3 is 15.4 Å². The molecule has 0 unspecified atom stereocenters. The van der Waals surface area contributed by atoms with Crippen LogP contribution in [0, 0.1) is 0 Å². The number of nitrogens with zero attached hydrogens (tertiary/aromatic N) is 1. The van der Waals surface area contributed by atoms with Gasteiger partial charge in [0, 0.05) is 29.0 Å². The molecule has 0 spiro atoms. The normalized spacial score (nSPS) is 10.2. The molecule has 0 aliphatic carbocycles. The van der Waals surface area contributed by atoms with Crippen LogP contribution in [0.4, 0.5) is 5.69 Å². The summed E-state index contributed by atoms with van der Waals surface area (Å²) < 4.78 is 5.09. The first kappa shape index (κ1) is 19.4. The lowest BCUT2D eigenvalue weighted by atomic mass is 10.2. The van der Waals surface area contributed by atoms with Gasteiger partial charge in [0.25, 0.3) is 11.8 Å².